The lowest BCUT2D eigenvalue weighted by atomic mass is 9.99. The van der Waals surface area contributed by atoms with Gasteiger partial charge in [-0.1, -0.05) is 36.4 Å². The van der Waals surface area contributed by atoms with Gasteiger partial charge in [0.1, 0.15) is 12.4 Å². The Kier molecular flexibility index (Phi) is 6.09. The summed E-state index contributed by atoms with van der Waals surface area (Å²) in [4.78, 5) is 20.3. The fraction of sp³-hybridized carbons (Fsp3) is 0.444. The smallest absolute Gasteiger partial charge is 0.260 e. The van der Waals surface area contributed by atoms with Crippen molar-refractivity contribution in [2.45, 2.75) is 13.2 Å². The lowest BCUT2D eigenvalue weighted by molar-refractivity contribution is -0.110. The van der Waals surface area contributed by atoms with Crippen molar-refractivity contribution in [2.75, 3.05) is 70.9 Å². The van der Waals surface area contributed by atoms with Crippen LogP contribution in [0.5, 0.6) is 0 Å². The van der Waals surface area contributed by atoms with E-state index in [1.165, 1.54) is 11.1 Å². The molecule has 4 aliphatic rings. The van der Waals surface area contributed by atoms with Gasteiger partial charge < -0.3 is 14.8 Å². The van der Waals surface area contributed by atoms with E-state index in [0.29, 0.717) is 17.9 Å². The molecule has 6 rings (SSSR count). The maximum atomic E-state index is 12.7. The highest BCUT2D eigenvalue weighted by atomic mass is 16.5. The van der Waals surface area contributed by atoms with Gasteiger partial charge in [0.05, 0.1) is 18.8 Å². The third-order valence-electron chi connectivity index (χ3n) is 7.39. The summed E-state index contributed by atoms with van der Waals surface area (Å²) in [5, 5.41) is 2.96. The van der Waals surface area contributed by atoms with Gasteiger partial charge in [-0.15, -0.1) is 0 Å². The van der Waals surface area contributed by atoms with Crippen LogP contribution in [0.2, 0.25) is 0 Å². The Morgan fingerprint density at radius 1 is 0.824 bits per heavy atom. The van der Waals surface area contributed by atoms with Crippen LogP contribution in [0.25, 0.3) is 11.3 Å². The molecule has 0 aliphatic carbocycles. The molecule has 4 aliphatic heterocycles. The van der Waals surface area contributed by atoms with Crippen molar-refractivity contribution in [1.29, 1.82) is 0 Å². The van der Waals surface area contributed by atoms with Crippen LogP contribution in [0.3, 0.4) is 0 Å². The second kappa shape index (κ2) is 9.50. The van der Waals surface area contributed by atoms with Gasteiger partial charge in [-0.05, 0) is 11.6 Å². The quantitative estimate of drug-likeness (QED) is 0.692. The highest BCUT2D eigenvalue weighted by molar-refractivity contribution is 6.36. The zero-order chi connectivity index (χ0) is 22.9. The molecule has 0 radical (unpaired) electrons. The van der Waals surface area contributed by atoms with Gasteiger partial charge in [0.15, 0.2) is 0 Å². The molecule has 2 saturated heterocycles. The van der Waals surface area contributed by atoms with Crippen molar-refractivity contribution >= 4 is 22.9 Å². The Bertz CT molecular complexity index is 1100. The van der Waals surface area contributed by atoms with E-state index in [1.807, 2.05) is 24.3 Å². The molecule has 1 N–H and O–H groups in total. The van der Waals surface area contributed by atoms with Crippen molar-refractivity contribution in [3.05, 3.63) is 64.7 Å². The maximum Gasteiger partial charge on any atom is 0.260 e. The number of amides is 1. The summed E-state index contributed by atoms with van der Waals surface area (Å²) in [6, 6.07) is 14.4. The fourth-order valence-corrected chi connectivity index (χ4v) is 5.40. The summed E-state index contributed by atoms with van der Waals surface area (Å²) in [6.07, 6.45) is 0. The lowest BCUT2D eigenvalue weighted by Crippen LogP contribution is -2.49. The van der Waals surface area contributed by atoms with E-state index in [1.54, 1.807) is 0 Å². The summed E-state index contributed by atoms with van der Waals surface area (Å²) in [6.45, 7) is 12.1. The topological polar surface area (TPSA) is 57.3 Å². The molecule has 1 amide bonds. The maximum absolute atomic E-state index is 12.7. The molecule has 0 unspecified atom stereocenters. The second-order valence-electron chi connectivity index (χ2n) is 9.56. The number of benzene rings is 2. The Morgan fingerprint density at radius 2 is 1.56 bits per heavy atom. The number of nitrogens with zero attached hydrogens (tertiary/aromatic N) is 3. The Labute approximate surface area is 200 Å². The van der Waals surface area contributed by atoms with Gasteiger partial charge in [-0.2, -0.15) is 0 Å². The van der Waals surface area contributed by atoms with Crippen LogP contribution < -0.4 is 5.32 Å². The van der Waals surface area contributed by atoms with Crippen LogP contribution in [0.4, 0.5) is 5.69 Å². The van der Waals surface area contributed by atoms with Crippen molar-refractivity contribution in [3.8, 4) is 0 Å². The zero-order valence-corrected chi connectivity index (χ0v) is 19.6. The van der Waals surface area contributed by atoms with Crippen molar-refractivity contribution in [3.63, 3.8) is 0 Å². The molecule has 0 bridgehead atoms. The number of nitrogens with one attached hydrogen (secondary N) is 1. The van der Waals surface area contributed by atoms with E-state index in [0.717, 1.165) is 88.9 Å². The number of fused-ring (bicyclic) bond motifs is 2. The molecule has 34 heavy (non-hydrogen) atoms. The zero-order valence-electron chi connectivity index (χ0n) is 19.6. The summed E-state index contributed by atoms with van der Waals surface area (Å²) in [5.74, 6) is 0.623. The number of para-hydroxylation sites is 1. The van der Waals surface area contributed by atoms with Gasteiger partial charge in [-0.25, -0.2) is 0 Å². The molecule has 2 aromatic carbocycles. The van der Waals surface area contributed by atoms with E-state index in [4.69, 9.17) is 9.47 Å². The number of morpholine rings is 1. The van der Waals surface area contributed by atoms with E-state index in [2.05, 4.69) is 38.2 Å². The van der Waals surface area contributed by atoms with Crippen LogP contribution in [-0.4, -0.2) is 86.2 Å². The average molecular weight is 461 g/mol. The van der Waals surface area contributed by atoms with Crippen LogP contribution >= 0.6 is 0 Å². The molecule has 7 nitrogen and oxygen atoms in total. The Morgan fingerprint density at radius 3 is 2.38 bits per heavy atom. The van der Waals surface area contributed by atoms with Gasteiger partial charge in [-0.3, -0.25) is 19.5 Å². The molecular weight excluding hydrogens is 428 g/mol. The van der Waals surface area contributed by atoms with E-state index in [-0.39, 0.29) is 5.91 Å². The number of carbonyl (C=O) groups excluding carboxylic acids is 1. The number of ether oxygens (including phenoxy) is 2. The number of carbonyl (C=O) groups is 1. The van der Waals surface area contributed by atoms with Crippen LogP contribution in [0.15, 0.2) is 42.5 Å². The fourth-order valence-electron chi connectivity index (χ4n) is 5.40. The number of rotatable bonds is 5. The largest absolute Gasteiger partial charge is 0.487 e. The summed E-state index contributed by atoms with van der Waals surface area (Å²) in [5.41, 5.74) is 5.94. The van der Waals surface area contributed by atoms with Crippen molar-refractivity contribution < 1.29 is 14.3 Å². The van der Waals surface area contributed by atoms with Gasteiger partial charge in [0.2, 0.25) is 0 Å². The van der Waals surface area contributed by atoms with Crippen LogP contribution in [0, 0.1) is 0 Å². The van der Waals surface area contributed by atoms with Crippen LogP contribution in [0.1, 0.15) is 22.3 Å². The lowest BCUT2D eigenvalue weighted by Gasteiger charge is -2.36. The predicted molar refractivity (Wildman–Crippen MR) is 132 cm³/mol. The first kappa shape index (κ1) is 21.8. The molecule has 2 fully saturated rings. The van der Waals surface area contributed by atoms with Gasteiger partial charge in [0.25, 0.3) is 5.91 Å². The van der Waals surface area contributed by atoms with Crippen molar-refractivity contribution in [2.24, 2.45) is 0 Å². The molecule has 2 aromatic rings. The number of anilines is 1. The predicted octanol–water partition coefficient (Wildman–Crippen LogP) is 2.49. The van der Waals surface area contributed by atoms with E-state index in [9.17, 15) is 4.79 Å². The normalized spacial score (nSPS) is 23.5. The highest BCUT2D eigenvalue weighted by Crippen LogP contribution is 2.41. The third-order valence-corrected chi connectivity index (χ3v) is 7.39. The van der Waals surface area contributed by atoms with E-state index < -0.39 is 0 Å². The number of piperazine rings is 1. The van der Waals surface area contributed by atoms with Crippen molar-refractivity contribution in [1.82, 2.24) is 14.7 Å². The van der Waals surface area contributed by atoms with Gasteiger partial charge >= 0.3 is 0 Å². The van der Waals surface area contributed by atoms with E-state index >= 15 is 0 Å². The molecule has 0 spiro atoms. The molecule has 7 heteroatoms. The SMILES string of the molecule is O=C1Nc2ccccc2C1=C1OCc2cc(CN3CCN(CCN4CCOCC4)CC3)ccc21. The molecule has 178 valence electrons. The average Bonchev–Trinajstić information content (AvgIpc) is 3.43. The molecule has 4 heterocycles. The first-order valence-electron chi connectivity index (χ1n) is 12.4. The minimum Gasteiger partial charge on any atom is -0.487 e. The minimum atomic E-state index is -0.0837. The Hall–Kier alpha value is -2.71. The molecule has 0 saturated carbocycles. The molecular formula is C27H32N4O3. The van der Waals surface area contributed by atoms with Crippen LogP contribution in [-0.2, 0) is 27.4 Å². The molecule has 0 aromatic heterocycles. The first-order chi connectivity index (χ1) is 16.7. The summed E-state index contributed by atoms with van der Waals surface area (Å²) >= 11 is 0. The third kappa shape index (κ3) is 4.36. The molecule has 0 atom stereocenters. The minimum absolute atomic E-state index is 0.0837. The summed E-state index contributed by atoms with van der Waals surface area (Å²) in [7, 11) is 0. The second-order valence-corrected chi connectivity index (χ2v) is 9.56. The standard InChI is InChI=1S/C27H32N4O3/c32-27-25(23-3-1-2-4-24(23)28-27)26-22-6-5-20(17-21(22)19-34-26)18-31-11-9-29(10-12-31)7-8-30-13-15-33-16-14-30/h1-6,17H,7-16,18-19H2,(H,28,32). The first-order valence-corrected chi connectivity index (χ1v) is 12.4. The van der Waals surface area contributed by atoms with Gasteiger partial charge in [0, 0.05) is 81.3 Å². The monoisotopic (exact) mass is 460 g/mol. The highest BCUT2D eigenvalue weighted by Gasteiger charge is 2.32. The Balaban J connectivity index is 1.08. The number of hydrogen-bond acceptors (Lipinski definition) is 6. The number of hydrogen-bond donors (Lipinski definition) is 1. The summed E-state index contributed by atoms with van der Waals surface area (Å²) < 4.78 is 11.5.